The summed E-state index contributed by atoms with van der Waals surface area (Å²) in [5, 5.41) is 6.34. The van der Waals surface area contributed by atoms with Gasteiger partial charge in [0.05, 0.1) is 23.3 Å². The molecule has 2 heterocycles. The van der Waals surface area contributed by atoms with Gasteiger partial charge in [-0.1, -0.05) is 48.5 Å². The molecular formula is C23H24N3OS2+. The fourth-order valence-corrected chi connectivity index (χ4v) is 5.24. The Kier molecular flexibility index (Phi) is 6.04. The summed E-state index contributed by atoms with van der Waals surface area (Å²) in [7, 11) is 2.05. The second kappa shape index (κ2) is 8.86. The smallest absolute Gasteiger partial charge is 0.275 e. The number of carbonyl (C=O) groups is 1. The summed E-state index contributed by atoms with van der Waals surface area (Å²) in [5.41, 5.74) is 2.12. The molecule has 0 aliphatic carbocycles. The second-order valence-electron chi connectivity index (χ2n) is 7.19. The van der Waals surface area contributed by atoms with Gasteiger partial charge < -0.3 is 10.2 Å². The molecule has 0 fully saturated rings. The van der Waals surface area contributed by atoms with Crippen molar-refractivity contribution in [3.05, 3.63) is 87.6 Å². The fourth-order valence-electron chi connectivity index (χ4n) is 3.32. The number of nitrogens with one attached hydrogen (secondary N) is 2. The van der Waals surface area contributed by atoms with Crippen molar-refractivity contribution in [2.24, 2.45) is 0 Å². The van der Waals surface area contributed by atoms with Crippen molar-refractivity contribution < 1.29 is 9.69 Å². The van der Waals surface area contributed by atoms with E-state index in [9.17, 15) is 4.79 Å². The Morgan fingerprint density at radius 1 is 1.07 bits per heavy atom. The van der Waals surface area contributed by atoms with Crippen LogP contribution in [0.2, 0.25) is 0 Å². The Morgan fingerprint density at radius 3 is 2.55 bits per heavy atom. The maximum atomic E-state index is 12.9. The zero-order valence-electron chi connectivity index (χ0n) is 16.5. The summed E-state index contributed by atoms with van der Waals surface area (Å²) in [6.45, 7) is 2.53. The molecule has 0 radical (unpaired) electrons. The molecule has 1 amide bonds. The van der Waals surface area contributed by atoms with Crippen molar-refractivity contribution in [1.29, 1.82) is 0 Å². The van der Waals surface area contributed by atoms with Crippen molar-refractivity contribution in [2.45, 2.75) is 19.0 Å². The molecule has 4 rings (SSSR count). The Bertz CT molecular complexity index is 1040. The molecule has 0 saturated carbocycles. The number of rotatable bonds is 7. The van der Waals surface area contributed by atoms with E-state index in [0.29, 0.717) is 6.54 Å². The number of hydrogen-bond donors (Lipinski definition) is 2. The fraction of sp³-hybridized carbons (Fsp3) is 0.217. The summed E-state index contributed by atoms with van der Waals surface area (Å²) in [6.07, 6.45) is 0. The highest BCUT2D eigenvalue weighted by atomic mass is 32.1. The molecule has 0 bridgehead atoms. The summed E-state index contributed by atoms with van der Waals surface area (Å²) in [6, 6.07) is 22.4. The van der Waals surface area contributed by atoms with Gasteiger partial charge in [-0.3, -0.25) is 4.79 Å². The summed E-state index contributed by atoms with van der Waals surface area (Å²) < 4.78 is 1.19. The Labute approximate surface area is 178 Å². The average Bonchev–Trinajstić information content (AvgIpc) is 3.41. The molecule has 2 aromatic carbocycles. The van der Waals surface area contributed by atoms with Crippen LogP contribution in [-0.4, -0.2) is 24.5 Å². The van der Waals surface area contributed by atoms with Crippen LogP contribution >= 0.6 is 22.7 Å². The number of likely N-dealkylation sites (N-methyl/N-ethyl adjacent to an activating group) is 1. The number of carbonyl (C=O) groups excluding carboxylic acids is 1. The van der Waals surface area contributed by atoms with Crippen LogP contribution in [0.25, 0.3) is 10.2 Å². The largest absolute Gasteiger partial charge is 0.339 e. The van der Waals surface area contributed by atoms with Gasteiger partial charge in [-0.15, -0.1) is 22.7 Å². The van der Waals surface area contributed by atoms with Gasteiger partial charge in [-0.2, -0.15) is 0 Å². The SMILES string of the molecule is C[C@H](c1nc2ccccc2s1)[NH+](C)CC(=O)N[C@@H](c1ccccc1)c1cccs1. The van der Waals surface area contributed by atoms with Gasteiger partial charge in [0.15, 0.2) is 11.6 Å². The lowest BCUT2D eigenvalue weighted by atomic mass is 10.1. The van der Waals surface area contributed by atoms with Gasteiger partial charge in [-0.05, 0) is 36.1 Å². The lowest BCUT2D eigenvalue weighted by molar-refractivity contribution is -0.902. The highest BCUT2D eigenvalue weighted by Crippen LogP contribution is 2.26. The summed E-state index contributed by atoms with van der Waals surface area (Å²) in [4.78, 5) is 19.9. The van der Waals surface area contributed by atoms with Crippen molar-refractivity contribution >= 4 is 38.8 Å². The molecule has 29 heavy (non-hydrogen) atoms. The molecule has 4 nitrogen and oxygen atoms in total. The number of hydrogen-bond acceptors (Lipinski definition) is 4. The minimum absolute atomic E-state index is 0.0396. The van der Waals surface area contributed by atoms with E-state index in [-0.39, 0.29) is 18.0 Å². The number of amides is 1. The van der Waals surface area contributed by atoms with E-state index in [1.54, 1.807) is 22.7 Å². The molecule has 4 aromatic rings. The van der Waals surface area contributed by atoms with Crippen molar-refractivity contribution in [1.82, 2.24) is 10.3 Å². The Hall–Kier alpha value is -2.54. The first kappa shape index (κ1) is 19.8. The molecule has 0 spiro atoms. The van der Waals surface area contributed by atoms with Gasteiger partial charge in [0.1, 0.15) is 6.04 Å². The van der Waals surface area contributed by atoms with Crippen LogP contribution < -0.4 is 10.2 Å². The number of fused-ring (bicyclic) bond motifs is 1. The Balaban J connectivity index is 1.46. The Morgan fingerprint density at radius 2 is 1.83 bits per heavy atom. The zero-order valence-corrected chi connectivity index (χ0v) is 18.1. The first-order valence-corrected chi connectivity index (χ1v) is 11.4. The van der Waals surface area contributed by atoms with E-state index in [1.165, 1.54) is 4.70 Å². The van der Waals surface area contributed by atoms with Crippen molar-refractivity contribution in [2.75, 3.05) is 13.6 Å². The highest BCUT2D eigenvalue weighted by Gasteiger charge is 2.24. The van der Waals surface area contributed by atoms with Crippen LogP contribution in [-0.2, 0) is 4.79 Å². The average molecular weight is 423 g/mol. The minimum atomic E-state index is -0.116. The van der Waals surface area contributed by atoms with Crippen LogP contribution in [0.5, 0.6) is 0 Å². The maximum Gasteiger partial charge on any atom is 0.275 e. The van der Waals surface area contributed by atoms with Crippen LogP contribution in [0.3, 0.4) is 0 Å². The number of benzene rings is 2. The topological polar surface area (TPSA) is 46.4 Å². The third-order valence-corrected chi connectivity index (χ3v) is 7.28. The maximum absolute atomic E-state index is 12.9. The van der Waals surface area contributed by atoms with Crippen LogP contribution in [0.15, 0.2) is 72.1 Å². The van der Waals surface area contributed by atoms with Gasteiger partial charge in [-0.25, -0.2) is 4.98 Å². The van der Waals surface area contributed by atoms with Crippen LogP contribution in [0, 0.1) is 0 Å². The number of thiazole rings is 1. The third-order valence-electron chi connectivity index (χ3n) is 5.13. The zero-order chi connectivity index (χ0) is 20.2. The molecule has 3 atom stereocenters. The van der Waals surface area contributed by atoms with E-state index in [0.717, 1.165) is 25.9 Å². The molecule has 1 unspecified atom stereocenters. The molecule has 0 aliphatic rings. The minimum Gasteiger partial charge on any atom is -0.339 e. The van der Waals surface area contributed by atoms with E-state index in [4.69, 9.17) is 4.98 Å². The highest BCUT2D eigenvalue weighted by molar-refractivity contribution is 7.18. The number of para-hydroxylation sites is 1. The van der Waals surface area contributed by atoms with E-state index in [1.807, 2.05) is 47.8 Å². The molecule has 6 heteroatoms. The predicted molar refractivity (Wildman–Crippen MR) is 121 cm³/mol. The number of thiophene rings is 1. The van der Waals surface area contributed by atoms with E-state index < -0.39 is 0 Å². The molecule has 2 N–H and O–H groups in total. The first-order valence-electron chi connectivity index (χ1n) is 9.67. The molecular weight excluding hydrogens is 398 g/mol. The lowest BCUT2D eigenvalue weighted by Crippen LogP contribution is -3.10. The van der Waals surface area contributed by atoms with Gasteiger partial charge in [0, 0.05) is 4.88 Å². The predicted octanol–water partition coefficient (Wildman–Crippen LogP) is 3.84. The summed E-state index contributed by atoms with van der Waals surface area (Å²) >= 11 is 3.37. The molecule has 0 aliphatic heterocycles. The molecule has 0 saturated heterocycles. The quantitative estimate of drug-likeness (QED) is 0.475. The molecule has 148 valence electrons. The van der Waals surface area contributed by atoms with Crippen LogP contribution in [0.4, 0.5) is 0 Å². The number of nitrogens with zero attached hydrogens (tertiary/aromatic N) is 1. The number of aromatic nitrogens is 1. The van der Waals surface area contributed by atoms with Crippen molar-refractivity contribution in [3.63, 3.8) is 0 Å². The van der Waals surface area contributed by atoms with Gasteiger partial charge >= 0.3 is 0 Å². The van der Waals surface area contributed by atoms with Gasteiger partial charge in [0.2, 0.25) is 0 Å². The molecule has 2 aromatic heterocycles. The number of quaternary nitrogens is 1. The standard InChI is InChI=1S/C23H23N3OS2/c1-16(23-24-18-11-6-7-12-19(18)29-23)26(2)15-21(27)25-22(20-13-8-14-28-20)17-9-4-3-5-10-17/h3-14,16,22H,15H2,1-2H3,(H,25,27)/p+1/t16-,22+/m1/s1. The van der Waals surface area contributed by atoms with Crippen LogP contribution in [0.1, 0.15) is 34.5 Å². The van der Waals surface area contributed by atoms with E-state index >= 15 is 0 Å². The summed E-state index contributed by atoms with van der Waals surface area (Å²) in [5.74, 6) is 0.0396. The second-order valence-corrected chi connectivity index (χ2v) is 9.23. The van der Waals surface area contributed by atoms with Crippen molar-refractivity contribution in [3.8, 4) is 0 Å². The first-order chi connectivity index (χ1) is 14.1. The monoisotopic (exact) mass is 422 g/mol. The normalized spacial score (nSPS) is 14.4. The lowest BCUT2D eigenvalue weighted by Gasteiger charge is -2.22. The third kappa shape index (κ3) is 4.56. The van der Waals surface area contributed by atoms with E-state index in [2.05, 4.69) is 43.6 Å². The van der Waals surface area contributed by atoms with Gasteiger partial charge in [0.25, 0.3) is 5.91 Å².